The summed E-state index contributed by atoms with van der Waals surface area (Å²) in [6.07, 6.45) is 0. The minimum absolute atomic E-state index is 0.0998. The molecule has 0 amide bonds. The topological polar surface area (TPSA) is 80.9 Å². The predicted octanol–water partition coefficient (Wildman–Crippen LogP) is -0.647. The van der Waals surface area contributed by atoms with Crippen molar-refractivity contribution >= 4 is 46.7 Å². The van der Waals surface area contributed by atoms with Crippen molar-refractivity contribution in [1.29, 1.82) is 0 Å². The first-order valence-electron chi connectivity index (χ1n) is 6.26. The summed E-state index contributed by atoms with van der Waals surface area (Å²) in [6.45, 7) is 0. The van der Waals surface area contributed by atoms with E-state index in [1.807, 2.05) is 30.3 Å². The number of hydrogen-bond acceptors (Lipinski definition) is 4. The van der Waals surface area contributed by atoms with Crippen LogP contribution in [0.25, 0.3) is 21.5 Å². The highest BCUT2D eigenvalue weighted by Crippen LogP contribution is 2.23. The second-order valence-electron chi connectivity index (χ2n) is 4.70. The molecule has 0 bridgehead atoms. The Balaban J connectivity index is 2.46. The van der Waals surface area contributed by atoms with Crippen LogP contribution < -0.4 is 10.9 Å². The Morgan fingerprint density at radius 2 is 1.30 bits per heavy atom. The molecule has 0 radical (unpaired) electrons. The van der Waals surface area contributed by atoms with Gasteiger partial charge in [0.05, 0.1) is 0 Å². The van der Waals surface area contributed by atoms with Crippen LogP contribution in [0.5, 0.6) is 0 Å². The van der Waals surface area contributed by atoms with Crippen molar-refractivity contribution in [2.24, 2.45) is 0 Å². The Bertz CT molecular complexity index is 787. The molecule has 4 N–H and O–H groups in total. The molecular weight excluding hydrogens is 254 g/mol. The Hall–Kier alpha value is -1.85. The van der Waals surface area contributed by atoms with E-state index in [0.717, 1.165) is 16.2 Å². The van der Waals surface area contributed by atoms with Crippen LogP contribution in [0.15, 0.2) is 48.5 Å². The zero-order chi connectivity index (χ0) is 14.3. The lowest BCUT2D eigenvalue weighted by Gasteiger charge is -2.13. The van der Waals surface area contributed by atoms with Gasteiger partial charge in [0.25, 0.3) is 0 Å². The SMILES string of the molecule is OB(O)c1ccc2c(ccc3ccccc32)c1B(O)O. The zero-order valence-electron chi connectivity index (χ0n) is 10.6. The van der Waals surface area contributed by atoms with Gasteiger partial charge in [-0.05, 0) is 32.5 Å². The monoisotopic (exact) mass is 266 g/mol. The first kappa shape index (κ1) is 13.1. The summed E-state index contributed by atoms with van der Waals surface area (Å²) in [5.74, 6) is 0. The van der Waals surface area contributed by atoms with Gasteiger partial charge in [0.15, 0.2) is 0 Å². The van der Waals surface area contributed by atoms with Gasteiger partial charge in [0.2, 0.25) is 0 Å². The molecule has 0 aliphatic carbocycles. The maximum atomic E-state index is 9.56. The second-order valence-corrected chi connectivity index (χ2v) is 4.70. The molecule has 3 aromatic rings. The van der Waals surface area contributed by atoms with Crippen LogP contribution in [-0.2, 0) is 0 Å². The molecule has 0 aromatic heterocycles. The molecule has 0 aliphatic rings. The van der Waals surface area contributed by atoms with E-state index in [0.29, 0.717) is 5.39 Å². The number of hydrogen-bond donors (Lipinski definition) is 4. The van der Waals surface area contributed by atoms with Crippen molar-refractivity contribution < 1.29 is 20.1 Å². The highest BCUT2D eigenvalue weighted by molar-refractivity contribution is 6.74. The van der Waals surface area contributed by atoms with Gasteiger partial charge in [0, 0.05) is 0 Å². The molecule has 0 fully saturated rings. The maximum absolute atomic E-state index is 9.56. The number of fused-ring (bicyclic) bond motifs is 3. The molecule has 0 saturated carbocycles. The minimum atomic E-state index is -1.77. The van der Waals surface area contributed by atoms with Crippen LogP contribution in [0.4, 0.5) is 0 Å². The van der Waals surface area contributed by atoms with Crippen LogP contribution in [0.3, 0.4) is 0 Å². The molecule has 0 heterocycles. The van der Waals surface area contributed by atoms with Crippen LogP contribution >= 0.6 is 0 Å². The van der Waals surface area contributed by atoms with Crippen molar-refractivity contribution in [2.45, 2.75) is 0 Å². The lowest BCUT2D eigenvalue weighted by Crippen LogP contribution is -2.49. The normalized spacial score (nSPS) is 11.0. The fourth-order valence-corrected chi connectivity index (χ4v) is 2.64. The molecule has 0 atom stereocenters. The molecule has 0 saturated heterocycles. The molecule has 4 nitrogen and oxygen atoms in total. The van der Waals surface area contributed by atoms with Crippen molar-refractivity contribution in [2.75, 3.05) is 0 Å². The van der Waals surface area contributed by atoms with E-state index < -0.39 is 14.2 Å². The summed E-state index contributed by atoms with van der Waals surface area (Å²) in [7, 11) is -3.51. The lowest BCUT2D eigenvalue weighted by atomic mass is 9.64. The lowest BCUT2D eigenvalue weighted by molar-refractivity contribution is 0.419. The van der Waals surface area contributed by atoms with Gasteiger partial charge in [-0.3, -0.25) is 0 Å². The summed E-state index contributed by atoms with van der Waals surface area (Å²) in [5, 5.41) is 41.3. The first-order valence-corrected chi connectivity index (χ1v) is 6.26. The van der Waals surface area contributed by atoms with Crippen LogP contribution in [0, 0.1) is 0 Å². The van der Waals surface area contributed by atoms with Crippen molar-refractivity contribution in [3.8, 4) is 0 Å². The van der Waals surface area contributed by atoms with Gasteiger partial charge in [-0.2, -0.15) is 0 Å². The zero-order valence-corrected chi connectivity index (χ0v) is 10.6. The van der Waals surface area contributed by atoms with Crippen molar-refractivity contribution in [1.82, 2.24) is 0 Å². The fourth-order valence-electron chi connectivity index (χ4n) is 2.64. The third-order valence-electron chi connectivity index (χ3n) is 3.54. The van der Waals surface area contributed by atoms with Gasteiger partial charge >= 0.3 is 14.2 Å². The fraction of sp³-hybridized carbons (Fsp3) is 0. The second kappa shape index (κ2) is 4.92. The third-order valence-corrected chi connectivity index (χ3v) is 3.54. The average Bonchev–Trinajstić information content (AvgIpc) is 2.45. The molecule has 20 heavy (non-hydrogen) atoms. The molecule has 3 rings (SSSR count). The van der Waals surface area contributed by atoms with Crippen molar-refractivity contribution in [3.63, 3.8) is 0 Å². The van der Waals surface area contributed by atoms with E-state index in [1.165, 1.54) is 6.07 Å². The van der Waals surface area contributed by atoms with Gasteiger partial charge in [-0.25, -0.2) is 0 Å². The Morgan fingerprint density at radius 3 is 2.00 bits per heavy atom. The van der Waals surface area contributed by atoms with Crippen LogP contribution in [-0.4, -0.2) is 34.3 Å². The molecule has 6 heteroatoms. The largest absolute Gasteiger partial charge is 0.488 e. The first-order chi connectivity index (χ1) is 9.59. The smallest absolute Gasteiger partial charge is 0.423 e. The summed E-state index contributed by atoms with van der Waals surface area (Å²) >= 11 is 0. The van der Waals surface area contributed by atoms with Crippen LogP contribution in [0.1, 0.15) is 0 Å². The average molecular weight is 266 g/mol. The molecular formula is C14H12B2O4. The molecule has 0 aliphatic heterocycles. The maximum Gasteiger partial charge on any atom is 0.488 e. The van der Waals surface area contributed by atoms with Gasteiger partial charge in [-0.1, -0.05) is 48.5 Å². The molecule has 98 valence electrons. The quantitative estimate of drug-likeness (QED) is 0.367. The molecule has 3 aromatic carbocycles. The Morgan fingerprint density at radius 1 is 0.600 bits per heavy atom. The highest BCUT2D eigenvalue weighted by atomic mass is 16.4. The van der Waals surface area contributed by atoms with Gasteiger partial charge in [-0.15, -0.1) is 0 Å². The number of rotatable bonds is 2. The number of benzene rings is 3. The van der Waals surface area contributed by atoms with E-state index in [9.17, 15) is 20.1 Å². The predicted molar refractivity (Wildman–Crippen MR) is 81.1 cm³/mol. The van der Waals surface area contributed by atoms with E-state index in [2.05, 4.69) is 0 Å². The third kappa shape index (κ3) is 1.99. The van der Waals surface area contributed by atoms with Crippen LogP contribution in [0.2, 0.25) is 0 Å². The minimum Gasteiger partial charge on any atom is -0.423 e. The summed E-state index contributed by atoms with van der Waals surface area (Å²) < 4.78 is 0. The van der Waals surface area contributed by atoms with E-state index >= 15 is 0 Å². The van der Waals surface area contributed by atoms with E-state index in [-0.39, 0.29) is 10.9 Å². The Kier molecular flexibility index (Phi) is 3.23. The summed E-state index contributed by atoms with van der Waals surface area (Å²) in [5.41, 5.74) is 0.228. The van der Waals surface area contributed by atoms with E-state index in [4.69, 9.17) is 0 Å². The van der Waals surface area contributed by atoms with Crippen molar-refractivity contribution in [3.05, 3.63) is 48.5 Å². The van der Waals surface area contributed by atoms with Gasteiger partial charge in [0.1, 0.15) is 0 Å². The summed E-state index contributed by atoms with van der Waals surface area (Å²) in [4.78, 5) is 0. The Labute approximate surface area is 116 Å². The summed E-state index contributed by atoms with van der Waals surface area (Å²) in [6, 6.07) is 14.7. The molecule has 0 unspecified atom stereocenters. The standard InChI is InChI=1S/C14H12B2O4/c17-15(18)13-8-7-11-10-4-2-1-3-9(10)5-6-12(11)14(13)16(19)20/h1-8,17-20H. The highest BCUT2D eigenvalue weighted by Gasteiger charge is 2.25. The molecule has 0 spiro atoms. The van der Waals surface area contributed by atoms with E-state index in [1.54, 1.807) is 12.1 Å². The van der Waals surface area contributed by atoms with Gasteiger partial charge < -0.3 is 20.1 Å².